The van der Waals surface area contributed by atoms with Gasteiger partial charge in [-0.05, 0) is 18.2 Å². The van der Waals surface area contributed by atoms with E-state index in [1.54, 1.807) is 24.3 Å². The van der Waals surface area contributed by atoms with Gasteiger partial charge in [0, 0.05) is 44.5 Å². The van der Waals surface area contributed by atoms with Crippen molar-refractivity contribution in [2.24, 2.45) is 0 Å². The smallest absolute Gasteiger partial charge is 0.233 e. The van der Waals surface area contributed by atoms with Crippen LogP contribution < -0.4 is 16.0 Å². The first-order valence-electron chi connectivity index (χ1n) is 8.27. The molecule has 0 radical (unpaired) electrons. The Morgan fingerprint density at radius 2 is 1.76 bits per heavy atom. The molecule has 25 heavy (non-hydrogen) atoms. The molecule has 8 heteroatoms. The van der Waals surface area contributed by atoms with Crippen LogP contribution in [0, 0.1) is 0 Å². The second kappa shape index (κ2) is 9.75. The molecule has 0 unspecified atom stereocenters. The number of morpholine rings is 1. The van der Waals surface area contributed by atoms with Gasteiger partial charge in [-0.2, -0.15) is 0 Å². The van der Waals surface area contributed by atoms with Gasteiger partial charge in [0.1, 0.15) is 6.42 Å². The summed E-state index contributed by atoms with van der Waals surface area (Å²) in [7, 11) is 0. The number of rotatable bonds is 7. The van der Waals surface area contributed by atoms with Gasteiger partial charge in [0.25, 0.3) is 0 Å². The zero-order valence-electron chi connectivity index (χ0n) is 14.3. The van der Waals surface area contributed by atoms with E-state index in [1.807, 2.05) is 0 Å². The molecule has 1 fully saturated rings. The molecule has 1 saturated heterocycles. The van der Waals surface area contributed by atoms with Crippen LogP contribution in [0.4, 0.5) is 11.4 Å². The number of amides is 3. The Labute approximate surface area is 146 Å². The Balaban J connectivity index is 1.70. The van der Waals surface area contributed by atoms with E-state index in [4.69, 9.17) is 4.74 Å². The van der Waals surface area contributed by atoms with Crippen molar-refractivity contribution in [3.63, 3.8) is 0 Å². The first kappa shape index (κ1) is 18.9. The minimum Gasteiger partial charge on any atom is -0.379 e. The molecular weight excluding hydrogens is 324 g/mol. The van der Waals surface area contributed by atoms with E-state index in [1.165, 1.54) is 6.92 Å². The van der Waals surface area contributed by atoms with E-state index >= 15 is 0 Å². The zero-order chi connectivity index (χ0) is 18.1. The highest BCUT2D eigenvalue weighted by molar-refractivity contribution is 6.03. The van der Waals surface area contributed by atoms with E-state index < -0.39 is 5.91 Å². The van der Waals surface area contributed by atoms with Crippen LogP contribution in [0.5, 0.6) is 0 Å². The monoisotopic (exact) mass is 348 g/mol. The number of carbonyl (C=O) groups excluding carboxylic acids is 3. The Morgan fingerprint density at radius 3 is 2.44 bits per heavy atom. The Bertz CT molecular complexity index is 614. The van der Waals surface area contributed by atoms with E-state index in [0.717, 1.165) is 19.6 Å². The SMILES string of the molecule is CC(=O)Nc1cccc(NC(=O)CC(=O)NCCN2CCOCC2)c1. The van der Waals surface area contributed by atoms with E-state index in [2.05, 4.69) is 20.9 Å². The first-order chi connectivity index (χ1) is 12.0. The zero-order valence-corrected chi connectivity index (χ0v) is 14.3. The lowest BCUT2D eigenvalue weighted by Crippen LogP contribution is -2.41. The summed E-state index contributed by atoms with van der Waals surface area (Å²) in [5.74, 6) is -0.907. The van der Waals surface area contributed by atoms with Crippen molar-refractivity contribution in [2.75, 3.05) is 50.0 Å². The topological polar surface area (TPSA) is 99.8 Å². The van der Waals surface area contributed by atoms with Crippen LogP contribution in [0.25, 0.3) is 0 Å². The number of hydrogen-bond acceptors (Lipinski definition) is 5. The number of anilines is 2. The van der Waals surface area contributed by atoms with Crippen molar-refractivity contribution >= 4 is 29.1 Å². The fourth-order valence-corrected chi connectivity index (χ4v) is 2.47. The molecule has 3 N–H and O–H groups in total. The van der Waals surface area contributed by atoms with Gasteiger partial charge in [0.2, 0.25) is 17.7 Å². The summed E-state index contributed by atoms with van der Waals surface area (Å²) in [6.07, 6.45) is -0.243. The first-order valence-corrected chi connectivity index (χ1v) is 8.27. The number of hydrogen-bond donors (Lipinski definition) is 3. The second-order valence-electron chi connectivity index (χ2n) is 5.79. The minimum atomic E-state index is -0.399. The third-order valence-electron chi connectivity index (χ3n) is 3.64. The predicted molar refractivity (Wildman–Crippen MR) is 94.3 cm³/mol. The molecule has 0 saturated carbocycles. The largest absolute Gasteiger partial charge is 0.379 e. The molecule has 2 rings (SSSR count). The molecule has 0 aliphatic carbocycles. The second-order valence-corrected chi connectivity index (χ2v) is 5.79. The molecule has 3 amide bonds. The van der Waals surface area contributed by atoms with Gasteiger partial charge in [-0.15, -0.1) is 0 Å². The fourth-order valence-electron chi connectivity index (χ4n) is 2.47. The molecule has 8 nitrogen and oxygen atoms in total. The highest BCUT2D eigenvalue weighted by atomic mass is 16.5. The van der Waals surface area contributed by atoms with Gasteiger partial charge in [-0.25, -0.2) is 0 Å². The van der Waals surface area contributed by atoms with Crippen molar-refractivity contribution in [2.45, 2.75) is 13.3 Å². The molecule has 1 aromatic carbocycles. The average Bonchev–Trinajstić information content (AvgIpc) is 2.55. The fraction of sp³-hybridized carbons (Fsp3) is 0.471. The van der Waals surface area contributed by atoms with Crippen LogP contribution >= 0.6 is 0 Å². The van der Waals surface area contributed by atoms with Crippen LogP contribution in [-0.2, 0) is 19.1 Å². The summed E-state index contributed by atoms with van der Waals surface area (Å²) in [5.41, 5.74) is 1.11. The van der Waals surface area contributed by atoms with E-state index in [9.17, 15) is 14.4 Å². The van der Waals surface area contributed by atoms with Gasteiger partial charge in [0.15, 0.2) is 0 Å². The number of ether oxygens (including phenoxy) is 1. The summed E-state index contributed by atoms with van der Waals surface area (Å²) in [6.45, 7) is 5.82. The minimum absolute atomic E-state index is 0.192. The summed E-state index contributed by atoms with van der Waals surface area (Å²) >= 11 is 0. The Morgan fingerprint density at radius 1 is 1.08 bits per heavy atom. The molecule has 0 bridgehead atoms. The molecular formula is C17H24N4O4. The lowest BCUT2D eigenvalue weighted by atomic mass is 10.2. The average molecular weight is 348 g/mol. The number of nitrogens with one attached hydrogen (secondary N) is 3. The Hall–Kier alpha value is -2.45. The van der Waals surface area contributed by atoms with E-state index in [0.29, 0.717) is 31.1 Å². The van der Waals surface area contributed by atoms with Crippen LogP contribution in [-0.4, -0.2) is 62.0 Å². The maximum atomic E-state index is 11.9. The van der Waals surface area contributed by atoms with Gasteiger partial charge in [-0.3, -0.25) is 19.3 Å². The lowest BCUT2D eigenvalue weighted by Gasteiger charge is -2.26. The summed E-state index contributed by atoms with van der Waals surface area (Å²) in [5, 5.41) is 8.03. The molecule has 1 aliphatic rings. The molecule has 0 spiro atoms. The van der Waals surface area contributed by atoms with Crippen molar-refractivity contribution in [3.05, 3.63) is 24.3 Å². The third kappa shape index (κ3) is 7.32. The van der Waals surface area contributed by atoms with E-state index in [-0.39, 0.29) is 18.2 Å². The quantitative estimate of drug-likeness (QED) is 0.620. The molecule has 0 atom stereocenters. The van der Waals surface area contributed by atoms with Gasteiger partial charge in [-0.1, -0.05) is 6.07 Å². The van der Waals surface area contributed by atoms with Crippen molar-refractivity contribution in [1.82, 2.24) is 10.2 Å². The summed E-state index contributed by atoms with van der Waals surface area (Å²) in [6, 6.07) is 6.76. The maximum Gasteiger partial charge on any atom is 0.233 e. The van der Waals surface area contributed by atoms with Crippen molar-refractivity contribution < 1.29 is 19.1 Å². The number of nitrogens with zero attached hydrogens (tertiary/aromatic N) is 1. The molecule has 1 heterocycles. The normalized spacial score (nSPS) is 14.6. The van der Waals surface area contributed by atoms with Gasteiger partial charge in [0.05, 0.1) is 13.2 Å². The van der Waals surface area contributed by atoms with Crippen molar-refractivity contribution in [3.8, 4) is 0 Å². The van der Waals surface area contributed by atoms with Gasteiger partial charge < -0.3 is 20.7 Å². The van der Waals surface area contributed by atoms with Gasteiger partial charge >= 0.3 is 0 Å². The summed E-state index contributed by atoms with van der Waals surface area (Å²) < 4.78 is 5.26. The molecule has 136 valence electrons. The van der Waals surface area contributed by atoms with Crippen LogP contribution in [0.15, 0.2) is 24.3 Å². The standard InChI is InChI=1S/C17H24N4O4/c1-13(22)19-14-3-2-4-15(11-14)20-17(24)12-16(23)18-5-6-21-7-9-25-10-8-21/h2-4,11H,5-10,12H2,1H3,(H,18,23)(H,19,22)(H,20,24). The number of benzene rings is 1. The van der Waals surface area contributed by atoms with Crippen LogP contribution in [0.3, 0.4) is 0 Å². The lowest BCUT2D eigenvalue weighted by molar-refractivity contribution is -0.126. The predicted octanol–water partition coefficient (Wildman–Crippen LogP) is 0.422. The molecule has 0 aromatic heterocycles. The molecule has 1 aliphatic heterocycles. The highest BCUT2D eigenvalue weighted by Crippen LogP contribution is 2.15. The Kier molecular flexibility index (Phi) is 7.36. The van der Waals surface area contributed by atoms with Crippen LogP contribution in [0.1, 0.15) is 13.3 Å². The maximum absolute atomic E-state index is 11.9. The number of carbonyl (C=O) groups is 3. The van der Waals surface area contributed by atoms with Crippen LogP contribution in [0.2, 0.25) is 0 Å². The third-order valence-corrected chi connectivity index (χ3v) is 3.64. The molecule has 1 aromatic rings. The van der Waals surface area contributed by atoms with Crippen molar-refractivity contribution in [1.29, 1.82) is 0 Å². The highest BCUT2D eigenvalue weighted by Gasteiger charge is 2.12. The summed E-state index contributed by atoms with van der Waals surface area (Å²) in [4.78, 5) is 37.0.